The van der Waals surface area contributed by atoms with Gasteiger partial charge in [0.2, 0.25) is 0 Å². The van der Waals surface area contributed by atoms with Crippen LogP contribution in [-0.4, -0.2) is 19.2 Å². The Morgan fingerprint density at radius 1 is 1.08 bits per heavy atom. The van der Waals surface area contributed by atoms with Gasteiger partial charge in [-0.3, -0.25) is 0 Å². The molecule has 0 aromatic heterocycles. The first-order valence-electron chi connectivity index (χ1n) is 8.76. The third-order valence-corrected chi connectivity index (χ3v) is 4.76. The minimum Gasteiger partial charge on any atom is -0.550 e. The van der Waals surface area contributed by atoms with Gasteiger partial charge >= 0.3 is 0 Å². The van der Waals surface area contributed by atoms with Crippen LogP contribution < -0.4 is 14.6 Å². The number of rotatable bonds is 7. The van der Waals surface area contributed by atoms with Gasteiger partial charge in [0.25, 0.3) is 0 Å². The van der Waals surface area contributed by atoms with Gasteiger partial charge < -0.3 is 19.4 Å². The highest BCUT2D eigenvalue weighted by Crippen LogP contribution is 2.37. The molecule has 1 aliphatic carbocycles. The SMILES string of the molecule is COc1ccc(C(CC(=O)[O-])c2ccccc2)cc1OC1CCCC1. The van der Waals surface area contributed by atoms with E-state index in [0.717, 1.165) is 24.0 Å². The van der Waals surface area contributed by atoms with Gasteiger partial charge in [-0.1, -0.05) is 36.4 Å². The van der Waals surface area contributed by atoms with Crippen molar-refractivity contribution < 1.29 is 19.4 Å². The number of methoxy groups -OCH3 is 1. The standard InChI is InChI=1S/C21H24O4/c1-24-19-12-11-16(13-20(19)25-17-9-5-6-10-17)18(14-21(22)23)15-7-3-2-4-8-15/h2-4,7-8,11-13,17-18H,5-6,9-10,14H2,1H3,(H,22,23)/p-1. The fourth-order valence-electron chi connectivity index (χ4n) is 3.47. The molecule has 25 heavy (non-hydrogen) atoms. The Hall–Kier alpha value is -2.49. The minimum absolute atomic E-state index is 0.0702. The van der Waals surface area contributed by atoms with E-state index in [1.807, 2.05) is 48.5 Å². The van der Waals surface area contributed by atoms with Gasteiger partial charge in [-0.05, 0) is 55.4 Å². The van der Waals surface area contributed by atoms with Gasteiger partial charge in [-0.15, -0.1) is 0 Å². The second-order valence-corrected chi connectivity index (χ2v) is 6.47. The van der Waals surface area contributed by atoms with E-state index in [9.17, 15) is 9.90 Å². The van der Waals surface area contributed by atoms with Crippen LogP contribution in [0.3, 0.4) is 0 Å². The molecule has 2 aromatic rings. The third kappa shape index (κ3) is 4.32. The van der Waals surface area contributed by atoms with Crippen LogP contribution in [0.5, 0.6) is 11.5 Å². The summed E-state index contributed by atoms with van der Waals surface area (Å²) in [6.07, 6.45) is 4.61. The molecule has 2 aromatic carbocycles. The molecule has 0 heterocycles. The molecule has 0 N–H and O–H groups in total. The van der Waals surface area contributed by atoms with Gasteiger partial charge in [0.05, 0.1) is 13.2 Å². The number of aliphatic carboxylic acids is 1. The lowest BCUT2D eigenvalue weighted by molar-refractivity contribution is -0.305. The zero-order valence-corrected chi connectivity index (χ0v) is 14.4. The van der Waals surface area contributed by atoms with Crippen molar-refractivity contribution in [1.29, 1.82) is 0 Å². The van der Waals surface area contributed by atoms with E-state index in [-0.39, 0.29) is 18.4 Å². The fraction of sp³-hybridized carbons (Fsp3) is 0.381. The molecule has 0 amide bonds. The van der Waals surface area contributed by atoms with Crippen molar-refractivity contribution in [3.8, 4) is 11.5 Å². The average Bonchev–Trinajstić information content (AvgIpc) is 3.13. The van der Waals surface area contributed by atoms with Crippen molar-refractivity contribution in [2.24, 2.45) is 0 Å². The predicted molar refractivity (Wildman–Crippen MR) is 93.8 cm³/mol. The quantitative estimate of drug-likeness (QED) is 0.777. The lowest BCUT2D eigenvalue weighted by Gasteiger charge is -2.22. The first-order valence-corrected chi connectivity index (χ1v) is 8.76. The summed E-state index contributed by atoms with van der Waals surface area (Å²) in [5, 5.41) is 11.3. The molecule has 0 radical (unpaired) electrons. The predicted octanol–water partition coefficient (Wildman–Crippen LogP) is 3.29. The zero-order valence-electron chi connectivity index (χ0n) is 14.4. The van der Waals surface area contributed by atoms with Crippen LogP contribution in [0.25, 0.3) is 0 Å². The molecule has 1 saturated carbocycles. The highest BCUT2D eigenvalue weighted by molar-refractivity contribution is 5.67. The van der Waals surface area contributed by atoms with Gasteiger partial charge in [-0.2, -0.15) is 0 Å². The highest BCUT2D eigenvalue weighted by Gasteiger charge is 2.21. The summed E-state index contributed by atoms with van der Waals surface area (Å²) < 4.78 is 11.6. The van der Waals surface area contributed by atoms with Crippen molar-refractivity contribution in [3.63, 3.8) is 0 Å². The van der Waals surface area contributed by atoms with E-state index < -0.39 is 5.97 Å². The summed E-state index contributed by atoms with van der Waals surface area (Å²) >= 11 is 0. The highest BCUT2D eigenvalue weighted by atomic mass is 16.5. The molecule has 0 aliphatic heterocycles. The molecule has 1 unspecified atom stereocenters. The molecule has 0 bridgehead atoms. The van der Waals surface area contributed by atoms with E-state index in [0.29, 0.717) is 11.5 Å². The van der Waals surface area contributed by atoms with E-state index in [2.05, 4.69) is 0 Å². The molecule has 1 aliphatic rings. The molecule has 1 atom stereocenters. The molecule has 1 fully saturated rings. The normalized spacial score (nSPS) is 15.7. The molecule has 4 nitrogen and oxygen atoms in total. The van der Waals surface area contributed by atoms with Crippen molar-refractivity contribution in [3.05, 3.63) is 59.7 Å². The monoisotopic (exact) mass is 339 g/mol. The van der Waals surface area contributed by atoms with Crippen LogP contribution in [0.4, 0.5) is 0 Å². The average molecular weight is 339 g/mol. The van der Waals surface area contributed by atoms with Gasteiger partial charge in [0.15, 0.2) is 11.5 Å². The van der Waals surface area contributed by atoms with Crippen LogP contribution in [0.15, 0.2) is 48.5 Å². The van der Waals surface area contributed by atoms with E-state index >= 15 is 0 Å². The minimum atomic E-state index is -1.07. The van der Waals surface area contributed by atoms with Gasteiger partial charge in [0.1, 0.15) is 0 Å². The molecular formula is C21H23O4-. The van der Waals surface area contributed by atoms with Crippen LogP contribution in [0, 0.1) is 0 Å². The van der Waals surface area contributed by atoms with E-state index in [1.165, 1.54) is 12.8 Å². The maximum Gasteiger partial charge on any atom is 0.161 e. The Morgan fingerprint density at radius 3 is 2.44 bits per heavy atom. The number of hydrogen-bond acceptors (Lipinski definition) is 4. The second kappa shape index (κ2) is 8.06. The van der Waals surface area contributed by atoms with Crippen molar-refractivity contribution >= 4 is 5.97 Å². The number of hydrogen-bond donors (Lipinski definition) is 0. The Kier molecular flexibility index (Phi) is 5.59. The van der Waals surface area contributed by atoms with Crippen LogP contribution in [0.2, 0.25) is 0 Å². The number of carboxylic acids is 1. The zero-order chi connectivity index (χ0) is 17.6. The van der Waals surface area contributed by atoms with E-state index in [1.54, 1.807) is 7.11 Å². The summed E-state index contributed by atoms with van der Waals surface area (Å²) in [5.41, 5.74) is 1.84. The Balaban J connectivity index is 1.93. The first kappa shape index (κ1) is 17.3. The lowest BCUT2D eigenvalue weighted by Crippen LogP contribution is -2.25. The van der Waals surface area contributed by atoms with Crippen LogP contribution in [-0.2, 0) is 4.79 Å². The molecule has 132 valence electrons. The lowest BCUT2D eigenvalue weighted by atomic mass is 9.88. The smallest absolute Gasteiger partial charge is 0.161 e. The summed E-state index contributed by atoms with van der Waals surface area (Å²) in [4.78, 5) is 11.3. The largest absolute Gasteiger partial charge is 0.550 e. The maximum absolute atomic E-state index is 11.3. The molecule has 0 spiro atoms. The van der Waals surface area contributed by atoms with Gasteiger partial charge in [0, 0.05) is 11.9 Å². The molecule has 4 heteroatoms. The van der Waals surface area contributed by atoms with Crippen LogP contribution in [0.1, 0.15) is 49.1 Å². The van der Waals surface area contributed by atoms with Crippen molar-refractivity contribution in [1.82, 2.24) is 0 Å². The van der Waals surface area contributed by atoms with Crippen molar-refractivity contribution in [2.75, 3.05) is 7.11 Å². The third-order valence-electron chi connectivity index (χ3n) is 4.76. The Morgan fingerprint density at radius 2 is 1.80 bits per heavy atom. The van der Waals surface area contributed by atoms with Gasteiger partial charge in [-0.25, -0.2) is 0 Å². The van der Waals surface area contributed by atoms with Crippen molar-refractivity contribution in [2.45, 2.75) is 44.1 Å². The Bertz CT molecular complexity index is 705. The number of carboxylic acid groups (broad SMARTS) is 1. The summed E-state index contributed by atoms with van der Waals surface area (Å²) in [6, 6.07) is 15.3. The molecule has 3 rings (SSSR count). The topological polar surface area (TPSA) is 58.6 Å². The summed E-state index contributed by atoms with van der Waals surface area (Å²) in [5.74, 6) is 0.0213. The molecule has 0 saturated heterocycles. The number of benzene rings is 2. The number of carbonyl (C=O) groups is 1. The first-order chi connectivity index (χ1) is 12.2. The summed E-state index contributed by atoms with van der Waals surface area (Å²) in [6.45, 7) is 0. The number of carbonyl (C=O) groups excluding carboxylic acids is 1. The maximum atomic E-state index is 11.3. The van der Waals surface area contributed by atoms with Crippen LogP contribution >= 0.6 is 0 Å². The number of ether oxygens (including phenoxy) is 2. The summed E-state index contributed by atoms with van der Waals surface area (Å²) in [7, 11) is 1.62. The molecular weight excluding hydrogens is 316 g/mol. The Labute approximate surface area is 148 Å². The fourth-order valence-corrected chi connectivity index (χ4v) is 3.47. The second-order valence-electron chi connectivity index (χ2n) is 6.47. The van der Waals surface area contributed by atoms with E-state index in [4.69, 9.17) is 9.47 Å².